The minimum absolute atomic E-state index is 0.00428. The smallest absolute Gasteiger partial charge is 0.213 e. The van der Waals surface area contributed by atoms with Crippen molar-refractivity contribution >= 4 is 16.0 Å². The van der Waals surface area contributed by atoms with E-state index >= 15 is 0 Å². The number of hydrogen-bond acceptors (Lipinski definition) is 3. The van der Waals surface area contributed by atoms with Crippen LogP contribution in [0.2, 0.25) is 0 Å². The fourth-order valence-corrected chi connectivity index (χ4v) is 3.56. The standard InChI is InChI=1S/C17H27FN4O2S/c1-19-17(20-9-8-14-4-3-7-16(18)12-14)21-10-11-25(23,24)22-13-15-5-2-6-15/h3-4,7,12,15,22H,2,5-6,8-11,13H2,1H3,(H2,19,20,21). The van der Waals surface area contributed by atoms with E-state index in [2.05, 4.69) is 20.3 Å². The maximum absolute atomic E-state index is 13.1. The quantitative estimate of drug-likeness (QED) is 0.451. The van der Waals surface area contributed by atoms with Crippen molar-refractivity contribution in [1.82, 2.24) is 15.4 Å². The van der Waals surface area contributed by atoms with Gasteiger partial charge in [0.1, 0.15) is 5.82 Å². The average molecular weight is 370 g/mol. The van der Waals surface area contributed by atoms with Gasteiger partial charge in [0.05, 0.1) is 5.75 Å². The highest BCUT2D eigenvalue weighted by Crippen LogP contribution is 2.25. The van der Waals surface area contributed by atoms with E-state index in [1.807, 2.05) is 6.07 Å². The molecule has 0 saturated heterocycles. The molecule has 140 valence electrons. The molecule has 1 fully saturated rings. The molecule has 1 aromatic carbocycles. The zero-order valence-electron chi connectivity index (χ0n) is 14.6. The molecule has 8 heteroatoms. The first-order valence-electron chi connectivity index (χ1n) is 8.65. The minimum atomic E-state index is -3.26. The van der Waals surface area contributed by atoms with Crippen LogP contribution in [0, 0.1) is 11.7 Å². The summed E-state index contributed by atoms with van der Waals surface area (Å²) < 4.78 is 39.6. The van der Waals surface area contributed by atoms with Crippen LogP contribution in [-0.2, 0) is 16.4 Å². The van der Waals surface area contributed by atoms with Gasteiger partial charge in [0.2, 0.25) is 10.0 Å². The number of guanidine groups is 1. The van der Waals surface area contributed by atoms with Gasteiger partial charge in [-0.1, -0.05) is 18.6 Å². The van der Waals surface area contributed by atoms with Gasteiger partial charge in [0.15, 0.2) is 5.96 Å². The molecule has 0 atom stereocenters. The largest absolute Gasteiger partial charge is 0.356 e. The van der Waals surface area contributed by atoms with Gasteiger partial charge in [-0.3, -0.25) is 4.99 Å². The third-order valence-corrected chi connectivity index (χ3v) is 5.65. The van der Waals surface area contributed by atoms with Gasteiger partial charge in [-0.2, -0.15) is 0 Å². The fraction of sp³-hybridized carbons (Fsp3) is 0.588. The van der Waals surface area contributed by atoms with Crippen LogP contribution in [0.1, 0.15) is 24.8 Å². The number of sulfonamides is 1. The molecule has 0 aliphatic heterocycles. The first-order valence-corrected chi connectivity index (χ1v) is 10.3. The average Bonchev–Trinajstić information content (AvgIpc) is 2.51. The number of nitrogens with zero attached hydrogens (tertiary/aromatic N) is 1. The maximum Gasteiger partial charge on any atom is 0.213 e. The molecule has 0 aromatic heterocycles. The summed E-state index contributed by atoms with van der Waals surface area (Å²) in [5, 5.41) is 6.08. The predicted molar refractivity (Wildman–Crippen MR) is 98.6 cm³/mol. The molecule has 0 radical (unpaired) electrons. The lowest BCUT2D eigenvalue weighted by Crippen LogP contribution is -2.42. The van der Waals surface area contributed by atoms with Gasteiger partial charge in [-0.25, -0.2) is 17.5 Å². The van der Waals surface area contributed by atoms with Crippen LogP contribution in [0.3, 0.4) is 0 Å². The third-order valence-electron chi connectivity index (χ3n) is 4.30. The van der Waals surface area contributed by atoms with Crippen molar-refractivity contribution in [3.8, 4) is 0 Å². The number of halogens is 1. The van der Waals surface area contributed by atoms with Crippen LogP contribution >= 0.6 is 0 Å². The molecule has 3 N–H and O–H groups in total. The van der Waals surface area contributed by atoms with Crippen LogP contribution in [0.25, 0.3) is 0 Å². The second-order valence-electron chi connectivity index (χ2n) is 6.27. The van der Waals surface area contributed by atoms with E-state index in [0.29, 0.717) is 31.4 Å². The molecular weight excluding hydrogens is 343 g/mol. The lowest BCUT2D eigenvalue weighted by Gasteiger charge is -2.25. The number of nitrogens with one attached hydrogen (secondary N) is 3. The van der Waals surface area contributed by atoms with E-state index in [9.17, 15) is 12.8 Å². The number of aliphatic imine (C=N–C) groups is 1. The Morgan fingerprint density at radius 1 is 1.28 bits per heavy atom. The van der Waals surface area contributed by atoms with Crippen molar-refractivity contribution in [2.24, 2.45) is 10.9 Å². The van der Waals surface area contributed by atoms with E-state index in [-0.39, 0.29) is 18.1 Å². The molecule has 1 aliphatic rings. The fourth-order valence-electron chi connectivity index (χ4n) is 2.56. The van der Waals surface area contributed by atoms with Crippen molar-refractivity contribution in [2.75, 3.05) is 32.4 Å². The van der Waals surface area contributed by atoms with Crippen molar-refractivity contribution in [3.05, 3.63) is 35.6 Å². The Kier molecular flexibility index (Phi) is 7.64. The van der Waals surface area contributed by atoms with E-state index in [1.165, 1.54) is 18.6 Å². The molecule has 1 aliphatic carbocycles. The summed E-state index contributed by atoms with van der Waals surface area (Å²) in [4.78, 5) is 4.06. The number of benzene rings is 1. The van der Waals surface area contributed by atoms with Crippen LogP contribution in [0.15, 0.2) is 29.3 Å². The summed E-state index contributed by atoms with van der Waals surface area (Å²) in [5.41, 5.74) is 0.894. The zero-order chi connectivity index (χ0) is 18.1. The summed E-state index contributed by atoms with van der Waals surface area (Å²) in [6, 6.07) is 6.45. The molecule has 1 saturated carbocycles. The molecular formula is C17H27FN4O2S. The van der Waals surface area contributed by atoms with Crippen LogP contribution in [-0.4, -0.2) is 46.8 Å². The first-order chi connectivity index (χ1) is 12.0. The summed E-state index contributed by atoms with van der Waals surface area (Å²) in [6.45, 7) is 1.40. The Morgan fingerprint density at radius 3 is 2.68 bits per heavy atom. The summed E-state index contributed by atoms with van der Waals surface area (Å²) >= 11 is 0. The van der Waals surface area contributed by atoms with Crippen LogP contribution in [0.5, 0.6) is 0 Å². The van der Waals surface area contributed by atoms with Gasteiger partial charge < -0.3 is 10.6 Å². The van der Waals surface area contributed by atoms with E-state index in [0.717, 1.165) is 18.4 Å². The molecule has 0 spiro atoms. The second-order valence-corrected chi connectivity index (χ2v) is 8.20. The SMILES string of the molecule is CN=C(NCCc1cccc(F)c1)NCCS(=O)(=O)NCC1CCC1. The monoisotopic (exact) mass is 370 g/mol. The van der Waals surface area contributed by atoms with Crippen LogP contribution < -0.4 is 15.4 Å². The molecule has 2 rings (SSSR count). The maximum atomic E-state index is 13.1. The Bertz CT molecular complexity index is 675. The molecule has 25 heavy (non-hydrogen) atoms. The minimum Gasteiger partial charge on any atom is -0.356 e. The van der Waals surface area contributed by atoms with Crippen molar-refractivity contribution in [1.29, 1.82) is 0 Å². The predicted octanol–water partition coefficient (Wildman–Crippen LogP) is 1.25. The van der Waals surface area contributed by atoms with E-state index in [4.69, 9.17) is 0 Å². The summed E-state index contributed by atoms with van der Waals surface area (Å²) in [6.07, 6.45) is 4.08. The summed E-state index contributed by atoms with van der Waals surface area (Å²) in [5.74, 6) is 0.787. The first kappa shape index (κ1) is 19.7. The Morgan fingerprint density at radius 2 is 2.04 bits per heavy atom. The van der Waals surface area contributed by atoms with Gasteiger partial charge >= 0.3 is 0 Å². The van der Waals surface area contributed by atoms with E-state index in [1.54, 1.807) is 13.1 Å². The highest BCUT2D eigenvalue weighted by atomic mass is 32.2. The van der Waals surface area contributed by atoms with Gasteiger partial charge in [0, 0.05) is 26.7 Å². The van der Waals surface area contributed by atoms with Crippen molar-refractivity contribution in [2.45, 2.75) is 25.7 Å². The molecule has 6 nitrogen and oxygen atoms in total. The number of hydrogen-bond donors (Lipinski definition) is 3. The van der Waals surface area contributed by atoms with Gasteiger partial charge in [-0.05, 0) is 42.9 Å². The topological polar surface area (TPSA) is 82.6 Å². The molecule has 1 aromatic rings. The lowest BCUT2D eigenvalue weighted by atomic mass is 9.86. The summed E-state index contributed by atoms with van der Waals surface area (Å²) in [7, 11) is -1.64. The molecule has 0 unspecified atom stereocenters. The third kappa shape index (κ3) is 7.39. The van der Waals surface area contributed by atoms with E-state index < -0.39 is 10.0 Å². The highest BCUT2D eigenvalue weighted by Gasteiger charge is 2.19. The lowest BCUT2D eigenvalue weighted by molar-refractivity contribution is 0.316. The van der Waals surface area contributed by atoms with Crippen molar-refractivity contribution < 1.29 is 12.8 Å². The number of rotatable bonds is 9. The Hall–Kier alpha value is -1.67. The zero-order valence-corrected chi connectivity index (χ0v) is 15.4. The van der Waals surface area contributed by atoms with Crippen molar-refractivity contribution in [3.63, 3.8) is 0 Å². The molecule has 0 bridgehead atoms. The molecule has 0 amide bonds. The Balaban J connectivity index is 1.64. The van der Waals surface area contributed by atoms with Gasteiger partial charge in [-0.15, -0.1) is 0 Å². The van der Waals surface area contributed by atoms with Crippen LogP contribution in [0.4, 0.5) is 4.39 Å². The Labute approximate surface area is 149 Å². The highest BCUT2D eigenvalue weighted by molar-refractivity contribution is 7.89. The van der Waals surface area contributed by atoms with Gasteiger partial charge in [0.25, 0.3) is 0 Å². The second kappa shape index (κ2) is 9.72. The molecule has 0 heterocycles. The normalized spacial score (nSPS) is 15.7.